The second-order valence-corrected chi connectivity index (χ2v) is 4.71. The smallest absolute Gasteiger partial charge is 0.422 e. The third-order valence-electron chi connectivity index (χ3n) is 3.06. The summed E-state index contributed by atoms with van der Waals surface area (Å²) in [6.07, 6.45) is -4.37. The Balaban J connectivity index is 1.92. The van der Waals surface area contributed by atoms with Crippen molar-refractivity contribution in [3.63, 3.8) is 0 Å². The summed E-state index contributed by atoms with van der Waals surface area (Å²) in [6, 6.07) is 5.77. The second-order valence-electron chi connectivity index (χ2n) is 4.71. The number of amides is 1. The molecule has 2 rings (SSSR count). The first-order valence-corrected chi connectivity index (χ1v) is 6.35. The summed E-state index contributed by atoms with van der Waals surface area (Å²) in [5.41, 5.74) is 2.22. The molecule has 1 fully saturated rings. The molecule has 0 aromatic heterocycles. The van der Waals surface area contributed by atoms with Crippen molar-refractivity contribution in [2.24, 2.45) is 0 Å². The topological polar surface area (TPSA) is 50.4 Å². The number of ether oxygens (including phenoxy) is 1. The minimum absolute atomic E-state index is 0.101. The Labute approximate surface area is 120 Å². The van der Waals surface area contributed by atoms with Crippen molar-refractivity contribution in [3.05, 3.63) is 35.4 Å². The monoisotopic (exact) mass is 300 g/mol. The van der Waals surface area contributed by atoms with E-state index in [0.29, 0.717) is 24.4 Å². The van der Waals surface area contributed by atoms with E-state index in [-0.39, 0.29) is 11.7 Å². The molecule has 114 valence electrons. The van der Waals surface area contributed by atoms with Crippen molar-refractivity contribution >= 4 is 11.6 Å². The van der Waals surface area contributed by atoms with Gasteiger partial charge < -0.3 is 15.4 Å². The van der Waals surface area contributed by atoms with Gasteiger partial charge in [0.15, 0.2) is 6.61 Å². The first-order chi connectivity index (χ1) is 9.85. The highest BCUT2D eigenvalue weighted by atomic mass is 19.4. The molecule has 1 heterocycles. The van der Waals surface area contributed by atoms with Crippen LogP contribution in [0.5, 0.6) is 5.75 Å². The standard InChI is InChI=1S/C14H15F3N2O2/c1-9(10-6-18-7-10)13(20)19-11-2-4-12(5-3-11)21-8-14(15,16)17/h2-5,18H,6-8H2,1H3,(H,19,20). The number of hydrogen-bond donors (Lipinski definition) is 2. The second kappa shape index (κ2) is 6.17. The molecular weight excluding hydrogens is 285 g/mol. The predicted molar refractivity (Wildman–Crippen MR) is 72.2 cm³/mol. The Morgan fingerprint density at radius 3 is 2.38 bits per heavy atom. The van der Waals surface area contributed by atoms with Gasteiger partial charge in [0.1, 0.15) is 5.75 Å². The molecule has 0 saturated carbocycles. The number of carbonyl (C=O) groups excluding carboxylic acids is 1. The minimum atomic E-state index is -4.37. The van der Waals surface area contributed by atoms with Crippen LogP contribution in [-0.2, 0) is 4.79 Å². The van der Waals surface area contributed by atoms with Crippen LogP contribution in [0.1, 0.15) is 6.92 Å². The molecule has 1 aromatic rings. The molecular formula is C14H15F3N2O2. The van der Waals surface area contributed by atoms with E-state index < -0.39 is 12.8 Å². The molecule has 21 heavy (non-hydrogen) atoms. The Bertz CT molecular complexity index is 544. The van der Waals surface area contributed by atoms with Gasteiger partial charge in [0.2, 0.25) is 0 Å². The summed E-state index contributed by atoms with van der Waals surface area (Å²) in [4.78, 5) is 11.9. The van der Waals surface area contributed by atoms with Crippen molar-refractivity contribution in [2.45, 2.75) is 13.1 Å². The van der Waals surface area contributed by atoms with E-state index in [2.05, 4.69) is 15.4 Å². The third-order valence-corrected chi connectivity index (χ3v) is 3.06. The molecule has 1 amide bonds. The van der Waals surface area contributed by atoms with Crippen LogP contribution in [-0.4, -0.2) is 31.8 Å². The van der Waals surface area contributed by atoms with Crippen LogP contribution in [0.4, 0.5) is 18.9 Å². The summed E-state index contributed by atoms with van der Waals surface area (Å²) in [5.74, 6) is -0.112. The molecule has 0 aliphatic carbocycles. The van der Waals surface area contributed by atoms with Gasteiger partial charge in [0.25, 0.3) is 5.91 Å². The molecule has 2 N–H and O–H groups in total. The summed E-state index contributed by atoms with van der Waals surface area (Å²) in [6.45, 7) is 1.83. The number of benzene rings is 1. The molecule has 1 aliphatic rings. The molecule has 0 spiro atoms. The van der Waals surface area contributed by atoms with Crippen LogP contribution in [0.3, 0.4) is 0 Å². The lowest BCUT2D eigenvalue weighted by atomic mass is 10.0. The van der Waals surface area contributed by atoms with E-state index in [4.69, 9.17) is 0 Å². The van der Waals surface area contributed by atoms with Crippen LogP contribution in [0.15, 0.2) is 35.4 Å². The van der Waals surface area contributed by atoms with Gasteiger partial charge >= 0.3 is 6.18 Å². The highest BCUT2D eigenvalue weighted by molar-refractivity contribution is 6.04. The molecule has 0 radical (unpaired) electrons. The van der Waals surface area contributed by atoms with Gasteiger partial charge in [-0.25, -0.2) is 0 Å². The van der Waals surface area contributed by atoms with Gasteiger partial charge in [-0.05, 0) is 36.8 Å². The van der Waals surface area contributed by atoms with E-state index >= 15 is 0 Å². The number of carbonyl (C=O) groups is 1. The zero-order chi connectivity index (χ0) is 15.5. The Kier molecular flexibility index (Phi) is 4.52. The van der Waals surface area contributed by atoms with Crippen molar-refractivity contribution in [1.29, 1.82) is 0 Å². The van der Waals surface area contributed by atoms with Gasteiger partial charge in [-0.1, -0.05) is 0 Å². The number of anilines is 1. The molecule has 4 nitrogen and oxygen atoms in total. The van der Waals surface area contributed by atoms with Gasteiger partial charge in [0, 0.05) is 24.4 Å². The maximum atomic E-state index is 12.0. The van der Waals surface area contributed by atoms with E-state index in [0.717, 1.165) is 5.57 Å². The zero-order valence-corrected chi connectivity index (χ0v) is 11.4. The van der Waals surface area contributed by atoms with Gasteiger partial charge in [0.05, 0.1) is 0 Å². The molecule has 0 bridgehead atoms. The number of nitrogens with one attached hydrogen (secondary N) is 2. The largest absolute Gasteiger partial charge is 0.484 e. The van der Waals surface area contributed by atoms with Crippen LogP contribution < -0.4 is 15.4 Å². The fraction of sp³-hybridized carbons (Fsp3) is 0.357. The third kappa shape index (κ3) is 4.49. The normalized spacial score (nSPS) is 14.4. The van der Waals surface area contributed by atoms with E-state index in [1.807, 2.05) is 0 Å². The maximum absolute atomic E-state index is 12.0. The number of halogens is 3. The van der Waals surface area contributed by atoms with Gasteiger partial charge in [-0.15, -0.1) is 0 Å². The molecule has 1 aliphatic heterocycles. The highest BCUT2D eigenvalue weighted by Crippen LogP contribution is 2.21. The summed E-state index contributed by atoms with van der Waals surface area (Å²) >= 11 is 0. The van der Waals surface area contributed by atoms with Gasteiger partial charge in [-0.2, -0.15) is 13.2 Å². The first kappa shape index (κ1) is 15.4. The molecule has 0 atom stereocenters. The van der Waals surface area contributed by atoms with E-state index in [1.54, 1.807) is 6.92 Å². The van der Waals surface area contributed by atoms with Crippen molar-refractivity contribution in [3.8, 4) is 5.75 Å². The van der Waals surface area contributed by atoms with E-state index in [1.165, 1.54) is 24.3 Å². The lowest BCUT2D eigenvalue weighted by Gasteiger charge is -2.21. The lowest BCUT2D eigenvalue weighted by Crippen LogP contribution is -2.36. The summed E-state index contributed by atoms with van der Waals surface area (Å²) in [5, 5.41) is 5.74. The molecule has 7 heteroatoms. The Hall–Kier alpha value is -2.02. The van der Waals surface area contributed by atoms with Crippen molar-refractivity contribution in [2.75, 3.05) is 25.0 Å². The van der Waals surface area contributed by atoms with Crippen molar-refractivity contribution < 1.29 is 22.7 Å². The Morgan fingerprint density at radius 1 is 1.29 bits per heavy atom. The van der Waals surface area contributed by atoms with Crippen LogP contribution in [0.25, 0.3) is 0 Å². The van der Waals surface area contributed by atoms with E-state index in [9.17, 15) is 18.0 Å². The van der Waals surface area contributed by atoms with Crippen LogP contribution >= 0.6 is 0 Å². The molecule has 1 aromatic carbocycles. The van der Waals surface area contributed by atoms with Crippen LogP contribution in [0.2, 0.25) is 0 Å². The number of alkyl halides is 3. The average Bonchev–Trinajstić information content (AvgIpc) is 2.35. The quantitative estimate of drug-likeness (QED) is 0.840. The van der Waals surface area contributed by atoms with Gasteiger partial charge in [-0.3, -0.25) is 4.79 Å². The molecule has 0 unspecified atom stereocenters. The highest BCUT2D eigenvalue weighted by Gasteiger charge is 2.28. The average molecular weight is 300 g/mol. The lowest BCUT2D eigenvalue weighted by molar-refractivity contribution is -0.153. The first-order valence-electron chi connectivity index (χ1n) is 6.35. The number of rotatable bonds is 4. The Morgan fingerprint density at radius 2 is 1.90 bits per heavy atom. The molecule has 1 saturated heterocycles. The fourth-order valence-electron chi connectivity index (χ4n) is 1.70. The summed E-state index contributed by atoms with van der Waals surface area (Å²) in [7, 11) is 0. The number of hydrogen-bond acceptors (Lipinski definition) is 3. The maximum Gasteiger partial charge on any atom is 0.422 e. The summed E-state index contributed by atoms with van der Waals surface area (Å²) < 4.78 is 40.6. The minimum Gasteiger partial charge on any atom is -0.484 e. The zero-order valence-electron chi connectivity index (χ0n) is 11.4. The SMILES string of the molecule is CC(C(=O)Nc1ccc(OCC(F)(F)F)cc1)=C1CNC1. The fourth-order valence-corrected chi connectivity index (χ4v) is 1.70. The predicted octanol–water partition coefficient (Wildman–Crippen LogP) is 2.49. The van der Waals surface area contributed by atoms with Crippen LogP contribution in [0, 0.1) is 0 Å². The van der Waals surface area contributed by atoms with Crippen molar-refractivity contribution in [1.82, 2.24) is 5.32 Å².